The van der Waals surface area contributed by atoms with Gasteiger partial charge in [-0.15, -0.1) is 0 Å². The topological polar surface area (TPSA) is 57.6 Å². The van der Waals surface area contributed by atoms with Crippen molar-refractivity contribution in [3.8, 4) is 0 Å². The molecule has 1 heterocycles. The lowest BCUT2D eigenvalue weighted by Gasteiger charge is -2.31. The van der Waals surface area contributed by atoms with E-state index in [4.69, 9.17) is 16.7 Å². The maximum atomic E-state index is 12.4. The number of carbonyl (C=O) groups excluding carboxylic acids is 1. The van der Waals surface area contributed by atoms with Crippen LogP contribution in [0, 0.1) is 12.8 Å². The van der Waals surface area contributed by atoms with E-state index in [1.807, 2.05) is 6.92 Å². The zero-order chi connectivity index (χ0) is 14.7. The van der Waals surface area contributed by atoms with Crippen LogP contribution in [0.3, 0.4) is 0 Å². The molecule has 2 rings (SSSR count). The number of carbonyl (C=O) groups is 2. The Morgan fingerprint density at radius 3 is 2.55 bits per heavy atom. The molecule has 0 saturated carbocycles. The summed E-state index contributed by atoms with van der Waals surface area (Å²) in [5, 5.41) is 9.41. The third kappa shape index (κ3) is 3.51. The zero-order valence-electron chi connectivity index (χ0n) is 11.4. The van der Waals surface area contributed by atoms with Crippen LogP contribution in [0.2, 0.25) is 5.02 Å². The van der Waals surface area contributed by atoms with Crippen molar-refractivity contribution in [1.82, 2.24) is 4.90 Å². The van der Waals surface area contributed by atoms with Crippen molar-refractivity contribution in [2.24, 2.45) is 5.92 Å². The van der Waals surface area contributed by atoms with Gasteiger partial charge < -0.3 is 10.0 Å². The number of aryl methyl sites for hydroxylation is 1. The van der Waals surface area contributed by atoms with E-state index >= 15 is 0 Å². The van der Waals surface area contributed by atoms with E-state index in [-0.39, 0.29) is 18.2 Å². The number of rotatable bonds is 3. The third-order valence-electron chi connectivity index (χ3n) is 3.78. The first kappa shape index (κ1) is 14.9. The molecule has 1 N–H and O–H groups in total. The molecule has 0 aliphatic carbocycles. The molecule has 1 fully saturated rings. The van der Waals surface area contributed by atoms with Crippen LogP contribution in [-0.2, 0) is 4.79 Å². The molecule has 0 bridgehead atoms. The van der Waals surface area contributed by atoms with Crippen molar-refractivity contribution < 1.29 is 14.7 Å². The van der Waals surface area contributed by atoms with Gasteiger partial charge in [-0.3, -0.25) is 9.59 Å². The summed E-state index contributed by atoms with van der Waals surface area (Å²) in [7, 11) is 0. The zero-order valence-corrected chi connectivity index (χ0v) is 12.2. The van der Waals surface area contributed by atoms with Crippen LogP contribution >= 0.6 is 11.6 Å². The van der Waals surface area contributed by atoms with Crippen LogP contribution in [0.4, 0.5) is 0 Å². The normalized spacial score (nSPS) is 16.2. The first-order chi connectivity index (χ1) is 9.47. The summed E-state index contributed by atoms with van der Waals surface area (Å²) in [6.07, 6.45) is 1.71. The average Bonchev–Trinajstić information content (AvgIpc) is 2.38. The van der Waals surface area contributed by atoms with Crippen molar-refractivity contribution >= 4 is 23.5 Å². The fourth-order valence-corrected chi connectivity index (χ4v) is 2.85. The molecule has 5 heteroatoms. The monoisotopic (exact) mass is 295 g/mol. The van der Waals surface area contributed by atoms with Crippen LogP contribution in [0.25, 0.3) is 0 Å². The quantitative estimate of drug-likeness (QED) is 0.932. The first-order valence-electron chi connectivity index (χ1n) is 6.74. The van der Waals surface area contributed by atoms with Gasteiger partial charge in [0.05, 0.1) is 0 Å². The molecule has 0 unspecified atom stereocenters. The van der Waals surface area contributed by atoms with Crippen LogP contribution in [0.5, 0.6) is 0 Å². The summed E-state index contributed by atoms with van der Waals surface area (Å²) >= 11 is 5.89. The Hall–Kier alpha value is -1.55. The second kappa shape index (κ2) is 6.27. The molecular formula is C15H18ClNO3. The van der Waals surface area contributed by atoms with Gasteiger partial charge in [-0.05, 0) is 49.4 Å². The molecule has 0 aromatic heterocycles. The predicted molar refractivity (Wildman–Crippen MR) is 77.1 cm³/mol. The molecular weight excluding hydrogens is 278 g/mol. The lowest BCUT2D eigenvalue weighted by atomic mass is 9.93. The Morgan fingerprint density at radius 2 is 2.00 bits per heavy atom. The first-order valence-corrected chi connectivity index (χ1v) is 7.12. The average molecular weight is 296 g/mol. The van der Waals surface area contributed by atoms with Gasteiger partial charge in [0.1, 0.15) is 0 Å². The Bertz CT molecular complexity index is 522. The maximum Gasteiger partial charge on any atom is 0.303 e. The van der Waals surface area contributed by atoms with Gasteiger partial charge in [-0.2, -0.15) is 0 Å². The molecule has 4 nitrogen and oxygen atoms in total. The molecule has 1 saturated heterocycles. The second-order valence-electron chi connectivity index (χ2n) is 5.29. The van der Waals surface area contributed by atoms with Crippen molar-refractivity contribution in [3.63, 3.8) is 0 Å². The number of aliphatic carboxylic acids is 1. The van der Waals surface area contributed by atoms with E-state index < -0.39 is 5.97 Å². The minimum absolute atomic E-state index is 0.00735. The van der Waals surface area contributed by atoms with Gasteiger partial charge in [0.15, 0.2) is 0 Å². The molecule has 1 aliphatic heterocycles. The Kier molecular flexibility index (Phi) is 4.65. The molecule has 1 aromatic rings. The fraction of sp³-hybridized carbons (Fsp3) is 0.467. The van der Waals surface area contributed by atoms with E-state index in [2.05, 4.69) is 0 Å². The number of halogens is 1. The molecule has 0 atom stereocenters. The van der Waals surface area contributed by atoms with E-state index in [0.29, 0.717) is 23.7 Å². The predicted octanol–water partition coefficient (Wildman–Crippen LogP) is 2.98. The Balaban J connectivity index is 1.99. The number of nitrogens with zero attached hydrogens (tertiary/aromatic N) is 1. The summed E-state index contributed by atoms with van der Waals surface area (Å²) in [5.41, 5.74) is 1.54. The van der Waals surface area contributed by atoms with E-state index in [1.54, 1.807) is 23.1 Å². The minimum atomic E-state index is -0.761. The fourth-order valence-electron chi connectivity index (χ4n) is 2.62. The number of hydrogen-bond acceptors (Lipinski definition) is 2. The molecule has 0 spiro atoms. The third-order valence-corrected chi connectivity index (χ3v) is 4.02. The van der Waals surface area contributed by atoms with E-state index in [1.165, 1.54) is 0 Å². The standard InChI is InChI=1S/C15H18ClNO3/c1-10-8-12(16)2-3-13(10)15(20)17-6-4-11(5-7-17)9-14(18)19/h2-3,8,11H,4-7,9H2,1H3,(H,18,19). The van der Waals surface area contributed by atoms with Crippen LogP contribution in [0.1, 0.15) is 35.2 Å². The highest BCUT2D eigenvalue weighted by atomic mass is 35.5. The van der Waals surface area contributed by atoms with E-state index in [9.17, 15) is 9.59 Å². The molecule has 1 amide bonds. The lowest BCUT2D eigenvalue weighted by Crippen LogP contribution is -2.39. The van der Waals surface area contributed by atoms with Gasteiger partial charge in [0.25, 0.3) is 5.91 Å². The maximum absolute atomic E-state index is 12.4. The number of amides is 1. The van der Waals surface area contributed by atoms with Gasteiger partial charge >= 0.3 is 5.97 Å². The molecule has 1 aliphatic rings. The van der Waals surface area contributed by atoms with Gasteiger partial charge in [-0.1, -0.05) is 11.6 Å². The van der Waals surface area contributed by atoms with Crippen LogP contribution in [-0.4, -0.2) is 35.0 Å². The van der Waals surface area contributed by atoms with Crippen LogP contribution < -0.4 is 0 Å². The highest BCUT2D eigenvalue weighted by Gasteiger charge is 2.25. The highest BCUT2D eigenvalue weighted by Crippen LogP contribution is 2.23. The number of benzene rings is 1. The summed E-state index contributed by atoms with van der Waals surface area (Å²) in [6, 6.07) is 5.26. The summed E-state index contributed by atoms with van der Waals surface area (Å²) in [4.78, 5) is 24.9. The number of hydrogen-bond donors (Lipinski definition) is 1. The minimum Gasteiger partial charge on any atom is -0.481 e. The summed E-state index contributed by atoms with van der Waals surface area (Å²) in [5.74, 6) is -0.570. The SMILES string of the molecule is Cc1cc(Cl)ccc1C(=O)N1CCC(CC(=O)O)CC1. The molecule has 108 valence electrons. The van der Waals surface area contributed by atoms with Gasteiger partial charge in [0.2, 0.25) is 0 Å². The number of carboxylic acids is 1. The van der Waals surface area contributed by atoms with Gasteiger partial charge in [-0.25, -0.2) is 0 Å². The van der Waals surface area contributed by atoms with Crippen molar-refractivity contribution in [2.45, 2.75) is 26.2 Å². The Labute approximate surface area is 123 Å². The molecule has 20 heavy (non-hydrogen) atoms. The Morgan fingerprint density at radius 1 is 1.35 bits per heavy atom. The number of likely N-dealkylation sites (tertiary alicyclic amines) is 1. The van der Waals surface area contributed by atoms with Crippen molar-refractivity contribution in [1.29, 1.82) is 0 Å². The number of carboxylic acid groups (broad SMARTS) is 1. The van der Waals surface area contributed by atoms with E-state index in [0.717, 1.165) is 18.4 Å². The highest BCUT2D eigenvalue weighted by molar-refractivity contribution is 6.30. The molecule has 0 radical (unpaired) electrons. The number of piperidine rings is 1. The summed E-state index contributed by atoms with van der Waals surface area (Å²) in [6.45, 7) is 3.12. The smallest absolute Gasteiger partial charge is 0.303 e. The lowest BCUT2D eigenvalue weighted by molar-refractivity contribution is -0.138. The summed E-state index contributed by atoms with van der Waals surface area (Å²) < 4.78 is 0. The largest absolute Gasteiger partial charge is 0.481 e. The second-order valence-corrected chi connectivity index (χ2v) is 5.73. The van der Waals surface area contributed by atoms with Crippen LogP contribution in [0.15, 0.2) is 18.2 Å². The van der Waals surface area contributed by atoms with Crippen molar-refractivity contribution in [2.75, 3.05) is 13.1 Å². The molecule has 1 aromatic carbocycles. The van der Waals surface area contributed by atoms with Gasteiger partial charge in [0, 0.05) is 30.1 Å². The van der Waals surface area contributed by atoms with Crippen molar-refractivity contribution in [3.05, 3.63) is 34.3 Å².